The van der Waals surface area contributed by atoms with Gasteiger partial charge in [0.15, 0.2) is 11.6 Å². The summed E-state index contributed by atoms with van der Waals surface area (Å²) in [6, 6.07) is 25.4. The van der Waals surface area contributed by atoms with Crippen molar-refractivity contribution in [1.82, 2.24) is 4.90 Å². The number of hydrogen-bond donors (Lipinski definition) is 1. The van der Waals surface area contributed by atoms with Gasteiger partial charge in [0.05, 0.1) is 38.9 Å². The molecule has 1 fully saturated rings. The lowest BCUT2D eigenvalue weighted by Gasteiger charge is -2.38. The molecule has 0 unspecified atom stereocenters. The summed E-state index contributed by atoms with van der Waals surface area (Å²) in [6.07, 6.45) is 3.79. The van der Waals surface area contributed by atoms with E-state index in [1.54, 1.807) is 49.6 Å². The summed E-state index contributed by atoms with van der Waals surface area (Å²) in [5.74, 6) is -0.673. The number of ether oxygens (including phenoxy) is 3. The zero-order valence-corrected chi connectivity index (χ0v) is 24.4. The van der Waals surface area contributed by atoms with E-state index < -0.39 is 23.4 Å². The van der Waals surface area contributed by atoms with E-state index in [-0.39, 0.29) is 23.0 Å². The Bertz CT molecular complexity index is 1850. The Hall–Kier alpha value is -5.37. The number of carbonyl (C=O) groups excluding carboxylic acids is 3. The smallest absolute Gasteiger partial charge is 0.238 e. The molecule has 0 saturated carbocycles. The van der Waals surface area contributed by atoms with Crippen molar-refractivity contribution in [2.75, 3.05) is 26.6 Å². The molecule has 8 heteroatoms. The minimum Gasteiger partial charge on any atom is -0.497 e. The second-order valence-corrected chi connectivity index (χ2v) is 11.1. The highest BCUT2D eigenvalue weighted by Gasteiger charge is 2.70. The van der Waals surface area contributed by atoms with Crippen LogP contribution in [0, 0.1) is 5.92 Å². The molecular weight excluding hydrogens is 556 g/mol. The van der Waals surface area contributed by atoms with Crippen LogP contribution in [0.15, 0.2) is 97.2 Å². The number of nitrogens with zero attached hydrogens (tertiary/aromatic N) is 1. The van der Waals surface area contributed by atoms with Gasteiger partial charge < -0.3 is 24.4 Å². The first-order valence-electron chi connectivity index (χ1n) is 14.3. The lowest BCUT2D eigenvalue weighted by molar-refractivity contribution is -0.122. The van der Waals surface area contributed by atoms with Crippen molar-refractivity contribution in [3.05, 3.63) is 125 Å². The van der Waals surface area contributed by atoms with Gasteiger partial charge in [0.1, 0.15) is 28.7 Å². The van der Waals surface area contributed by atoms with Crippen molar-refractivity contribution < 1.29 is 28.6 Å². The molecule has 0 radical (unpaired) electrons. The van der Waals surface area contributed by atoms with Crippen LogP contribution in [-0.4, -0.2) is 49.7 Å². The number of rotatable bonds is 7. The summed E-state index contributed by atoms with van der Waals surface area (Å²) in [7, 11) is 4.58. The number of hydrogen-bond acceptors (Lipinski definition) is 7. The van der Waals surface area contributed by atoms with Crippen LogP contribution in [0.5, 0.6) is 17.2 Å². The molecule has 8 nitrogen and oxygen atoms in total. The Balaban J connectivity index is 1.52. The Morgan fingerprint density at radius 2 is 1.50 bits per heavy atom. The van der Waals surface area contributed by atoms with Gasteiger partial charge in [-0.25, -0.2) is 0 Å². The minimum absolute atomic E-state index is 0.263. The molecule has 0 bridgehead atoms. The average molecular weight is 587 g/mol. The van der Waals surface area contributed by atoms with Crippen molar-refractivity contribution in [2.24, 2.45) is 5.92 Å². The van der Waals surface area contributed by atoms with Crippen LogP contribution in [0.3, 0.4) is 0 Å². The molecule has 1 spiro atoms. The summed E-state index contributed by atoms with van der Waals surface area (Å²) in [5, 5.41) is 3.07. The largest absolute Gasteiger partial charge is 0.497 e. The second-order valence-electron chi connectivity index (χ2n) is 11.1. The Morgan fingerprint density at radius 3 is 2.25 bits per heavy atom. The standard InChI is InChI=1S/C36H30N2O6/c1-42-23-14-12-22(13-15-23)32(39)31-30(33(40)26-17-16-24(43-2)20-29(26)44-3)36(27-10-6-7-11-28(27)37-35(36)41)34-25-9-5-4-8-21(25)18-19-38(31)34/h4-20,30-31,34H,1-3H3,(H,37,41)/t30-,31-,34+,36+/m0/s1. The van der Waals surface area contributed by atoms with Crippen LogP contribution in [-0.2, 0) is 10.2 Å². The molecule has 1 N–H and O–H groups in total. The monoisotopic (exact) mass is 586 g/mol. The highest BCUT2D eigenvalue weighted by atomic mass is 16.5. The predicted molar refractivity (Wildman–Crippen MR) is 165 cm³/mol. The van der Waals surface area contributed by atoms with E-state index in [1.807, 2.05) is 65.7 Å². The van der Waals surface area contributed by atoms with Gasteiger partial charge in [-0.05, 0) is 65.2 Å². The fourth-order valence-electron chi connectivity index (χ4n) is 7.26. The molecule has 220 valence electrons. The van der Waals surface area contributed by atoms with Gasteiger partial charge >= 0.3 is 0 Å². The highest BCUT2D eigenvalue weighted by molar-refractivity contribution is 6.17. The highest BCUT2D eigenvalue weighted by Crippen LogP contribution is 2.62. The third-order valence-electron chi connectivity index (χ3n) is 9.17. The zero-order valence-electron chi connectivity index (χ0n) is 24.4. The van der Waals surface area contributed by atoms with Crippen molar-refractivity contribution in [1.29, 1.82) is 0 Å². The van der Waals surface area contributed by atoms with Crippen LogP contribution >= 0.6 is 0 Å². The fraction of sp³-hybridized carbons (Fsp3) is 0.194. The molecule has 4 aromatic carbocycles. The third kappa shape index (κ3) is 3.80. The van der Waals surface area contributed by atoms with E-state index in [1.165, 1.54) is 14.2 Å². The lowest BCUT2D eigenvalue weighted by Crippen LogP contribution is -2.49. The molecule has 4 aromatic rings. The fourth-order valence-corrected chi connectivity index (χ4v) is 7.26. The van der Waals surface area contributed by atoms with Crippen molar-refractivity contribution in [3.63, 3.8) is 0 Å². The molecule has 1 amide bonds. The van der Waals surface area contributed by atoms with Gasteiger partial charge in [-0.15, -0.1) is 0 Å². The summed E-state index contributed by atoms with van der Waals surface area (Å²) in [5.41, 5.74) is 2.33. The van der Waals surface area contributed by atoms with Gasteiger partial charge in [-0.1, -0.05) is 42.5 Å². The molecule has 1 saturated heterocycles. The number of ketones is 2. The second kappa shape index (κ2) is 10.4. The number of methoxy groups -OCH3 is 3. The number of amides is 1. The van der Waals surface area contributed by atoms with Crippen molar-refractivity contribution in [3.8, 4) is 17.2 Å². The van der Waals surface area contributed by atoms with Crippen molar-refractivity contribution >= 4 is 29.2 Å². The maximum atomic E-state index is 15.1. The molecule has 3 aliphatic heterocycles. The van der Waals surface area contributed by atoms with Crippen LogP contribution in [0.25, 0.3) is 6.08 Å². The van der Waals surface area contributed by atoms with Gasteiger partial charge in [-0.3, -0.25) is 14.4 Å². The van der Waals surface area contributed by atoms with Crippen LogP contribution < -0.4 is 19.5 Å². The molecule has 0 aromatic heterocycles. The number of Topliss-reactive ketones (excluding diaryl/α,β-unsaturated/α-hetero) is 2. The first kappa shape index (κ1) is 27.5. The Morgan fingerprint density at radius 1 is 0.795 bits per heavy atom. The average Bonchev–Trinajstić information content (AvgIpc) is 3.55. The normalized spacial score (nSPS) is 22.6. The molecule has 3 heterocycles. The van der Waals surface area contributed by atoms with E-state index in [9.17, 15) is 9.59 Å². The van der Waals surface area contributed by atoms with Crippen LogP contribution in [0.2, 0.25) is 0 Å². The van der Waals surface area contributed by atoms with Gasteiger partial charge in [0.2, 0.25) is 5.91 Å². The molecule has 4 atom stereocenters. The van der Waals surface area contributed by atoms with Crippen LogP contribution in [0.1, 0.15) is 43.4 Å². The number of carbonyl (C=O) groups is 3. The summed E-state index contributed by atoms with van der Waals surface area (Å²) >= 11 is 0. The number of fused-ring (bicyclic) bond motifs is 6. The number of benzene rings is 4. The van der Waals surface area contributed by atoms with Crippen molar-refractivity contribution in [2.45, 2.75) is 17.5 Å². The van der Waals surface area contributed by atoms with Gasteiger partial charge in [0, 0.05) is 23.5 Å². The van der Waals surface area contributed by atoms with E-state index in [0.717, 1.165) is 11.1 Å². The first-order valence-corrected chi connectivity index (χ1v) is 14.3. The van der Waals surface area contributed by atoms with E-state index in [2.05, 4.69) is 5.32 Å². The van der Waals surface area contributed by atoms with E-state index in [4.69, 9.17) is 14.2 Å². The molecular formula is C36H30N2O6. The number of anilines is 1. The summed E-state index contributed by atoms with van der Waals surface area (Å²) < 4.78 is 16.4. The third-order valence-corrected chi connectivity index (χ3v) is 9.17. The lowest BCUT2D eigenvalue weighted by atomic mass is 9.62. The maximum Gasteiger partial charge on any atom is 0.238 e. The topological polar surface area (TPSA) is 94.2 Å². The van der Waals surface area contributed by atoms with Gasteiger partial charge in [-0.2, -0.15) is 0 Å². The quantitative estimate of drug-likeness (QED) is 0.278. The van der Waals surface area contributed by atoms with E-state index >= 15 is 4.79 Å². The van der Waals surface area contributed by atoms with Crippen LogP contribution in [0.4, 0.5) is 5.69 Å². The Labute approximate surface area is 254 Å². The minimum atomic E-state index is -1.44. The predicted octanol–water partition coefficient (Wildman–Crippen LogP) is 5.69. The molecule has 7 rings (SSSR count). The molecule has 3 aliphatic rings. The summed E-state index contributed by atoms with van der Waals surface area (Å²) in [6.45, 7) is 0. The number of nitrogens with one attached hydrogen (secondary N) is 1. The first-order chi connectivity index (χ1) is 21.4. The Kier molecular flexibility index (Phi) is 6.50. The van der Waals surface area contributed by atoms with E-state index in [0.29, 0.717) is 34.1 Å². The zero-order chi connectivity index (χ0) is 30.6. The maximum absolute atomic E-state index is 15.1. The number of para-hydroxylation sites is 1. The van der Waals surface area contributed by atoms with Gasteiger partial charge in [0.25, 0.3) is 0 Å². The SMILES string of the molecule is COc1ccc(C(=O)[C@@H]2[C@@H](C(=O)c3ccc(OC)cc3OC)[C@@]3(C(=O)Nc4ccccc43)[C@H]3c4ccccc4C=CN23)cc1. The summed E-state index contributed by atoms with van der Waals surface area (Å²) in [4.78, 5) is 46.4. The molecule has 44 heavy (non-hydrogen) atoms. The molecule has 0 aliphatic carbocycles.